The normalized spacial score (nSPS) is 15.1. The van der Waals surface area contributed by atoms with Crippen LogP contribution in [0.4, 0.5) is 4.79 Å². The molecule has 0 N–H and O–H groups in total. The molecular formula is C21H18BrNO5S. The zero-order valence-electron chi connectivity index (χ0n) is 15.6. The Balaban J connectivity index is 1.61. The first kappa shape index (κ1) is 21.1. The highest BCUT2D eigenvalue weighted by molar-refractivity contribution is 9.10. The van der Waals surface area contributed by atoms with E-state index in [-0.39, 0.29) is 18.1 Å². The zero-order chi connectivity index (χ0) is 20.8. The minimum Gasteiger partial charge on any atom is -0.489 e. The maximum absolute atomic E-state index is 12.4. The van der Waals surface area contributed by atoms with Gasteiger partial charge < -0.3 is 9.47 Å². The monoisotopic (exact) mass is 475 g/mol. The summed E-state index contributed by atoms with van der Waals surface area (Å²) >= 11 is 4.20. The average Bonchev–Trinajstić information content (AvgIpc) is 2.96. The summed E-state index contributed by atoms with van der Waals surface area (Å²) in [6.07, 6.45) is 1.62. The van der Waals surface area contributed by atoms with Crippen LogP contribution in [0.5, 0.6) is 5.75 Å². The van der Waals surface area contributed by atoms with Crippen molar-refractivity contribution in [2.24, 2.45) is 0 Å². The SMILES string of the molecule is CCOC(=O)CN1C(=O)SC(=Cc2ccc(OCc3ccc(Br)cc3)cc2)C1=O. The average molecular weight is 476 g/mol. The third kappa shape index (κ3) is 5.71. The smallest absolute Gasteiger partial charge is 0.326 e. The van der Waals surface area contributed by atoms with E-state index in [4.69, 9.17) is 9.47 Å². The van der Waals surface area contributed by atoms with Gasteiger partial charge in [-0.25, -0.2) is 0 Å². The van der Waals surface area contributed by atoms with Crippen LogP contribution in [-0.4, -0.2) is 35.2 Å². The molecule has 0 unspecified atom stereocenters. The Hall–Kier alpha value is -2.58. The molecule has 2 aromatic carbocycles. The summed E-state index contributed by atoms with van der Waals surface area (Å²) in [5.41, 5.74) is 1.80. The lowest BCUT2D eigenvalue weighted by atomic mass is 10.2. The second kappa shape index (κ2) is 9.76. The highest BCUT2D eigenvalue weighted by Crippen LogP contribution is 2.32. The van der Waals surface area contributed by atoms with Crippen LogP contribution in [0.25, 0.3) is 6.08 Å². The van der Waals surface area contributed by atoms with Crippen LogP contribution < -0.4 is 4.74 Å². The van der Waals surface area contributed by atoms with Crippen LogP contribution in [0.3, 0.4) is 0 Å². The van der Waals surface area contributed by atoms with Crippen molar-refractivity contribution >= 4 is 50.9 Å². The van der Waals surface area contributed by atoms with Crippen molar-refractivity contribution in [1.29, 1.82) is 0 Å². The summed E-state index contributed by atoms with van der Waals surface area (Å²) in [6, 6.07) is 15.1. The van der Waals surface area contributed by atoms with E-state index in [9.17, 15) is 14.4 Å². The first-order valence-electron chi connectivity index (χ1n) is 8.84. The summed E-state index contributed by atoms with van der Waals surface area (Å²) in [6.45, 7) is 1.93. The molecule has 29 heavy (non-hydrogen) atoms. The van der Waals surface area contributed by atoms with Gasteiger partial charge in [-0.05, 0) is 60.2 Å². The molecule has 2 amide bonds. The van der Waals surface area contributed by atoms with Gasteiger partial charge in [0, 0.05) is 4.47 Å². The van der Waals surface area contributed by atoms with Crippen molar-refractivity contribution in [2.75, 3.05) is 13.2 Å². The van der Waals surface area contributed by atoms with Crippen LogP contribution in [0.15, 0.2) is 57.9 Å². The van der Waals surface area contributed by atoms with Gasteiger partial charge in [-0.15, -0.1) is 0 Å². The van der Waals surface area contributed by atoms with E-state index in [2.05, 4.69) is 15.9 Å². The number of hydrogen-bond donors (Lipinski definition) is 0. The highest BCUT2D eigenvalue weighted by atomic mass is 79.9. The Morgan fingerprint density at radius 2 is 1.79 bits per heavy atom. The molecule has 0 bridgehead atoms. The van der Waals surface area contributed by atoms with Crippen LogP contribution in [0.1, 0.15) is 18.1 Å². The minimum atomic E-state index is -0.608. The Bertz CT molecular complexity index is 941. The van der Waals surface area contributed by atoms with Gasteiger partial charge in [0.25, 0.3) is 11.1 Å². The van der Waals surface area contributed by atoms with Gasteiger partial charge in [-0.2, -0.15) is 0 Å². The summed E-state index contributed by atoms with van der Waals surface area (Å²) in [4.78, 5) is 37.1. The van der Waals surface area contributed by atoms with Crippen LogP contribution in [-0.2, 0) is 20.9 Å². The van der Waals surface area contributed by atoms with Crippen molar-refractivity contribution < 1.29 is 23.9 Å². The lowest BCUT2D eigenvalue weighted by molar-refractivity contribution is -0.145. The van der Waals surface area contributed by atoms with E-state index in [0.717, 1.165) is 32.3 Å². The molecule has 1 heterocycles. The van der Waals surface area contributed by atoms with Gasteiger partial charge in [0.05, 0.1) is 11.5 Å². The van der Waals surface area contributed by atoms with E-state index in [1.54, 1.807) is 37.3 Å². The third-order valence-corrected chi connectivity index (χ3v) is 5.40. The molecule has 1 fully saturated rings. The summed E-state index contributed by atoms with van der Waals surface area (Å²) in [5, 5.41) is -0.483. The molecule has 8 heteroatoms. The summed E-state index contributed by atoms with van der Waals surface area (Å²) in [7, 11) is 0. The molecule has 0 aliphatic carbocycles. The minimum absolute atomic E-state index is 0.196. The van der Waals surface area contributed by atoms with Crippen molar-refractivity contribution in [3.05, 3.63) is 69.0 Å². The molecule has 150 valence electrons. The number of thioether (sulfide) groups is 1. The number of hydrogen-bond acceptors (Lipinski definition) is 6. The summed E-state index contributed by atoms with van der Waals surface area (Å²) in [5.74, 6) is -0.410. The Morgan fingerprint density at radius 3 is 2.45 bits per heavy atom. The lowest BCUT2D eigenvalue weighted by Crippen LogP contribution is -2.34. The molecule has 6 nitrogen and oxygen atoms in total. The first-order valence-corrected chi connectivity index (χ1v) is 10.5. The van der Waals surface area contributed by atoms with E-state index >= 15 is 0 Å². The van der Waals surface area contributed by atoms with Gasteiger partial charge in [-0.1, -0.05) is 40.2 Å². The molecule has 0 aromatic heterocycles. The van der Waals surface area contributed by atoms with Gasteiger partial charge in [0.1, 0.15) is 18.9 Å². The molecule has 1 aliphatic heterocycles. The van der Waals surface area contributed by atoms with Gasteiger partial charge in [-0.3, -0.25) is 19.3 Å². The van der Waals surface area contributed by atoms with Gasteiger partial charge >= 0.3 is 5.97 Å². The molecule has 0 radical (unpaired) electrons. The number of rotatable bonds is 7. The van der Waals surface area contributed by atoms with Crippen LogP contribution >= 0.6 is 27.7 Å². The quantitative estimate of drug-likeness (QED) is 0.429. The maximum atomic E-state index is 12.4. The van der Waals surface area contributed by atoms with E-state index in [1.165, 1.54) is 0 Å². The maximum Gasteiger partial charge on any atom is 0.326 e. The topological polar surface area (TPSA) is 72.9 Å². The fraction of sp³-hybridized carbons (Fsp3) is 0.190. The second-order valence-electron chi connectivity index (χ2n) is 6.06. The third-order valence-electron chi connectivity index (χ3n) is 3.96. The first-order chi connectivity index (χ1) is 14.0. The molecule has 2 aromatic rings. The lowest BCUT2D eigenvalue weighted by Gasteiger charge is -2.10. The van der Waals surface area contributed by atoms with Crippen LogP contribution in [0, 0.1) is 0 Å². The molecule has 0 spiro atoms. The standard InChI is InChI=1S/C21H18BrNO5S/c1-2-27-19(24)12-23-20(25)18(29-21(23)26)11-14-5-9-17(10-6-14)28-13-15-3-7-16(22)8-4-15/h3-11H,2,12-13H2,1H3. The molecule has 3 rings (SSSR count). The number of nitrogens with zero attached hydrogens (tertiary/aromatic N) is 1. The van der Waals surface area contributed by atoms with E-state index < -0.39 is 17.1 Å². The number of carbonyl (C=O) groups is 3. The van der Waals surface area contributed by atoms with Gasteiger partial charge in [0.15, 0.2) is 0 Å². The number of ether oxygens (including phenoxy) is 2. The predicted octanol–water partition coefficient (Wildman–Crippen LogP) is 4.63. The van der Waals surface area contributed by atoms with E-state index in [1.807, 2.05) is 24.3 Å². The number of amides is 2. The number of benzene rings is 2. The zero-order valence-corrected chi connectivity index (χ0v) is 18.0. The number of esters is 1. The molecule has 1 aliphatic rings. The predicted molar refractivity (Wildman–Crippen MR) is 114 cm³/mol. The Kier molecular flexibility index (Phi) is 7.11. The second-order valence-corrected chi connectivity index (χ2v) is 7.97. The fourth-order valence-corrected chi connectivity index (χ4v) is 3.63. The van der Waals surface area contributed by atoms with Crippen molar-refractivity contribution in [3.8, 4) is 5.75 Å². The van der Waals surface area contributed by atoms with E-state index in [0.29, 0.717) is 12.4 Å². The fourth-order valence-electron chi connectivity index (χ4n) is 2.53. The molecular weight excluding hydrogens is 458 g/mol. The Morgan fingerprint density at radius 1 is 1.10 bits per heavy atom. The molecule has 0 saturated carbocycles. The van der Waals surface area contributed by atoms with Crippen LogP contribution in [0.2, 0.25) is 0 Å². The Labute approximate surface area is 181 Å². The number of imide groups is 1. The molecule has 1 saturated heterocycles. The van der Waals surface area contributed by atoms with Crippen molar-refractivity contribution in [3.63, 3.8) is 0 Å². The highest BCUT2D eigenvalue weighted by Gasteiger charge is 2.36. The number of carbonyl (C=O) groups excluding carboxylic acids is 3. The molecule has 0 atom stereocenters. The van der Waals surface area contributed by atoms with Crippen molar-refractivity contribution in [1.82, 2.24) is 4.90 Å². The van der Waals surface area contributed by atoms with Crippen molar-refractivity contribution in [2.45, 2.75) is 13.5 Å². The largest absolute Gasteiger partial charge is 0.489 e. The van der Waals surface area contributed by atoms with Gasteiger partial charge in [0.2, 0.25) is 0 Å². The summed E-state index contributed by atoms with van der Waals surface area (Å²) < 4.78 is 11.6. The number of halogens is 1.